The molecule has 1 aromatic heterocycles. The summed E-state index contributed by atoms with van der Waals surface area (Å²) >= 11 is 0. The number of ether oxygens (including phenoxy) is 2. The quantitative estimate of drug-likeness (QED) is 0.847. The Balaban J connectivity index is 1.52. The lowest BCUT2D eigenvalue weighted by molar-refractivity contribution is -0.118. The predicted octanol–water partition coefficient (Wildman–Crippen LogP) is 3.28. The van der Waals surface area contributed by atoms with Crippen molar-refractivity contribution in [2.24, 2.45) is 0 Å². The van der Waals surface area contributed by atoms with Crippen LogP contribution in [-0.4, -0.2) is 42.8 Å². The van der Waals surface area contributed by atoms with Gasteiger partial charge in [0.1, 0.15) is 11.6 Å². The zero-order valence-electron chi connectivity index (χ0n) is 16.1. The van der Waals surface area contributed by atoms with Crippen molar-refractivity contribution in [3.05, 3.63) is 48.2 Å². The van der Waals surface area contributed by atoms with Crippen molar-refractivity contribution < 1.29 is 14.3 Å². The van der Waals surface area contributed by atoms with E-state index < -0.39 is 0 Å². The minimum absolute atomic E-state index is 0.0343. The van der Waals surface area contributed by atoms with E-state index in [4.69, 9.17) is 9.47 Å². The van der Waals surface area contributed by atoms with Gasteiger partial charge >= 0.3 is 0 Å². The monoisotopic (exact) mass is 369 g/mol. The number of anilines is 2. The molecule has 6 nitrogen and oxygen atoms in total. The van der Waals surface area contributed by atoms with E-state index in [-0.39, 0.29) is 24.7 Å². The van der Waals surface area contributed by atoms with Crippen molar-refractivity contribution in [3.63, 3.8) is 0 Å². The number of pyridine rings is 1. The molecule has 2 unspecified atom stereocenters. The van der Waals surface area contributed by atoms with Crippen LogP contribution in [0.2, 0.25) is 0 Å². The van der Waals surface area contributed by atoms with Crippen LogP contribution in [0.4, 0.5) is 11.5 Å². The molecule has 0 radical (unpaired) electrons. The summed E-state index contributed by atoms with van der Waals surface area (Å²) in [5.74, 6) is 1.39. The van der Waals surface area contributed by atoms with E-state index in [0.29, 0.717) is 11.4 Å². The van der Waals surface area contributed by atoms with Crippen LogP contribution in [0, 0.1) is 0 Å². The van der Waals surface area contributed by atoms with Crippen molar-refractivity contribution in [1.82, 2.24) is 4.98 Å². The third-order valence-electron chi connectivity index (χ3n) is 4.45. The topological polar surface area (TPSA) is 63.7 Å². The Hall–Kier alpha value is -2.60. The van der Waals surface area contributed by atoms with Crippen molar-refractivity contribution >= 4 is 17.4 Å². The normalized spacial score (nSPS) is 19.6. The molecule has 1 aliphatic heterocycles. The van der Waals surface area contributed by atoms with Gasteiger partial charge in [0, 0.05) is 13.1 Å². The number of benzene rings is 1. The molecule has 1 saturated heterocycles. The van der Waals surface area contributed by atoms with Gasteiger partial charge in [0.2, 0.25) is 0 Å². The Morgan fingerprint density at radius 1 is 1.26 bits per heavy atom. The molecule has 27 heavy (non-hydrogen) atoms. The van der Waals surface area contributed by atoms with Gasteiger partial charge in [-0.25, -0.2) is 4.98 Å². The van der Waals surface area contributed by atoms with Crippen LogP contribution in [0.1, 0.15) is 26.3 Å². The average molecular weight is 369 g/mol. The highest BCUT2D eigenvalue weighted by atomic mass is 16.5. The first kappa shape index (κ1) is 19.2. The second-order valence-corrected chi connectivity index (χ2v) is 6.91. The number of nitrogens with zero attached hydrogens (tertiary/aromatic N) is 2. The lowest BCUT2D eigenvalue weighted by atomic mass is 10.2. The maximum atomic E-state index is 12.1. The van der Waals surface area contributed by atoms with Crippen molar-refractivity contribution in [3.8, 4) is 5.75 Å². The van der Waals surface area contributed by atoms with Crippen LogP contribution >= 0.6 is 0 Å². The molecule has 0 bridgehead atoms. The summed E-state index contributed by atoms with van der Waals surface area (Å²) in [5, 5.41) is 2.82. The van der Waals surface area contributed by atoms with Gasteiger partial charge in [-0.05, 0) is 50.1 Å². The zero-order chi connectivity index (χ0) is 19.2. The summed E-state index contributed by atoms with van der Waals surface area (Å²) in [7, 11) is 0. The fourth-order valence-corrected chi connectivity index (χ4v) is 3.21. The van der Waals surface area contributed by atoms with Gasteiger partial charge in [0.15, 0.2) is 6.61 Å². The van der Waals surface area contributed by atoms with E-state index in [2.05, 4.69) is 36.0 Å². The number of hydrogen-bond donors (Lipinski definition) is 1. The summed E-state index contributed by atoms with van der Waals surface area (Å²) in [6.07, 6.45) is 2.97. The minimum atomic E-state index is -0.208. The molecule has 0 aliphatic carbocycles. The predicted molar refractivity (Wildman–Crippen MR) is 106 cm³/mol. The SMILES string of the molecule is CCc1cccc(OCC(=O)Nc2ccc(N3CC(C)OC(C)C3)nc2)c1. The molecule has 3 rings (SSSR count). The molecule has 1 aromatic carbocycles. The van der Waals surface area contributed by atoms with Crippen LogP contribution in [-0.2, 0) is 16.0 Å². The second-order valence-electron chi connectivity index (χ2n) is 6.91. The number of aryl methyl sites for hydroxylation is 1. The van der Waals surface area contributed by atoms with Crippen molar-refractivity contribution in [1.29, 1.82) is 0 Å². The molecule has 2 atom stereocenters. The van der Waals surface area contributed by atoms with Gasteiger partial charge in [-0.1, -0.05) is 19.1 Å². The van der Waals surface area contributed by atoms with Gasteiger partial charge in [-0.2, -0.15) is 0 Å². The third kappa shape index (κ3) is 5.44. The van der Waals surface area contributed by atoms with Crippen molar-refractivity contribution in [2.45, 2.75) is 39.4 Å². The molecule has 6 heteroatoms. The van der Waals surface area contributed by atoms with Gasteiger partial charge < -0.3 is 19.7 Å². The molecule has 2 aromatic rings. The highest BCUT2D eigenvalue weighted by Gasteiger charge is 2.23. The number of amides is 1. The second kappa shape index (κ2) is 8.86. The van der Waals surface area contributed by atoms with Crippen LogP contribution in [0.15, 0.2) is 42.6 Å². The molecule has 0 spiro atoms. The number of nitrogens with one attached hydrogen (secondary N) is 1. The van der Waals surface area contributed by atoms with E-state index in [1.165, 1.54) is 5.56 Å². The summed E-state index contributed by atoms with van der Waals surface area (Å²) < 4.78 is 11.3. The maximum Gasteiger partial charge on any atom is 0.262 e. The molecular weight excluding hydrogens is 342 g/mol. The molecule has 1 amide bonds. The van der Waals surface area contributed by atoms with Crippen molar-refractivity contribution in [2.75, 3.05) is 29.9 Å². The summed E-state index contributed by atoms with van der Waals surface area (Å²) in [4.78, 5) is 18.8. The lowest BCUT2D eigenvalue weighted by Crippen LogP contribution is -2.45. The first-order valence-corrected chi connectivity index (χ1v) is 9.41. The number of rotatable bonds is 6. The molecule has 0 saturated carbocycles. The first-order valence-electron chi connectivity index (χ1n) is 9.41. The van der Waals surface area contributed by atoms with Gasteiger partial charge in [-0.15, -0.1) is 0 Å². The van der Waals surface area contributed by atoms with Gasteiger partial charge in [-0.3, -0.25) is 4.79 Å². The van der Waals surface area contributed by atoms with E-state index in [1.807, 2.05) is 36.4 Å². The Kier molecular flexibility index (Phi) is 6.29. The maximum absolute atomic E-state index is 12.1. The summed E-state index contributed by atoms with van der Waals surface area (Å²) in [5.41, 5.74) is 1.84. The largest absolute Gasteiger partial charge is 0.484 e. The summed E-state index contributed by atoms with van der Waals surface area (Å²) in [6.45, 7) is 7.80. The smallest absolute Gasteiger partial charge is 0.262 e. The van der Waals surface area contributed by atoms with E-state index in [0.717, 1.165) is 25.3 Å². The molecule has 1 fully saturated rings. The molecule has 144 valence electrons. The Morgan fingerprint density at radius 3 is 2.70 bits per heavy atom. The lowest BCUT2D eigenvalue weighted by Gasteiger charge is -2.36. The Bertz CT molecular complexity index is 754. The number of aromatic nitrogens is 1. The summed E-state index contributed by atoms with van der Waals surface area (Å²) in [6, 6.07) is 11.6. The minimum Gasteiger partial charge on any atom is -0.484 e. The fraction of sp³-hybridized carbons (Fsp3) is 0.429. The van der Waals surface area contributed by atoms with E-state index >= 15 is 0 Å². The van der Waals surface area contributed by atoms with Crippen LogP contribution in [0.3, 0.4) is 0 Å². The Labute approximate surface area is 160 Å². The van der Waals surface area contributed by atoms with E-state index in [1.54, 1.807) is 6.20 Å². The zero-order valence-corrected chi connectivity index (χ0v) is 16.1. The molecular formula is C21H27N3O3. The van der Waals surface area contributed by atoms with Crippen LogP contribution in [0.5, 0.6) is 5.75 Å². The highest BCUT2D eigenvalue weighted by Crippen LogP contribution is 2.20. The highest BCUT2D eigenvalue weighted by molar-refractivity contribution is 5.91. The number of morpholine rings is 1. The third-order valence-corrected chi connectivity index (χ3v) is 4.45. The van der Waals surface area contributed by atoms with E-state index in [9.17, 15) is 4.79 Å². The van der Waals surface area contributed by atoms with Gasteiger partial charge in [0.25, 0.3) is 5.91 Å². The number of carbonyl (C=O) groups is 1. The van der Waals surface area contributed by atoms with Gasteiger partial charge in [0.05, 0.1) is 24.1 Å². The average Bonchev–Trinajstić information content (AvgIpc) is 2.66. The molecule has 1 aliphatic rings. The first-order chi connectivity index (χ1) is 13.0. The molecule has 2 heterocycles. The van der Waals surface area contributed by atoms with Crippen LogP contribution < -0.4 is 15.0 Å². The number of carbonyl (C=O) groups excluding carboxylic acids is 1. The fourth-order valence-electron chi connectivity index (χ4n) is 3.21. The van der Waals surface area contributed by atoms with Crippen LogP contribution in [0.25, 0.3) is 0 Å². The standard InChI is InChI=1S/C21H27N3O3/c1-4-17-6-5-7-19(10-17)26-14-21(25)23-18-8-9-20(22-11-18)24-12-15(2)27-16(3)13-24/h5-11,15-16H,4,12-14H2,1-3H3,(H,23,25). The molecule has 1 N–H and O–H groups in total. The Morgan fingerprint density at radius 2 is 2.04 bits per heavy atom. The number of hydrogen-bond acceptors (Lipinski definition) is 5.